The van der Waals surface area contributed by atoms with Gasteiger partial charge in [-0.1, -0.05) is 0 Å². The molecule has 2 unspecified atom stereocenters. The number of hydrogen-bond donors (Lipinski definition) is 6. The summed E-state index contributed by atoms with van der Waals surface area (Å²) >= 11 is 1.60. The molecule has 0 heterocycles. The van der Waals surface area contributed by atoms with Gasteiger partial charge in [0.15, 0.2) is 0 Å². The summed E-state index contributed by atoms with van der Waals surface area (Å²) in [5.74, 6) is -1.14. The molecule has 0 aromatic rings. The summed E-state index contributed by atoms with van der Waals surface area (Å²) in [4.78, 5) is 20.3. The average molecular weight is 311 g/mol. The molecule has 0 aliphatic rings. The van der Waals surface area contributed by atoms with Gasteiger partial charge in [-0.05, 0) is 44.2 Å². The Morgan fingerprint density at radius 1 is 1.20 bits per heavy atom. The fourth-order valence-electron chi connectivity index (χ4n) is 1.10. The molecule has 8 nitrogen and oxygen atoms in total. The van der Waals surface area contributed by atoms with E-state index >= 15 is 0 Å². The molecule has 20 heavy (non-hydrogen) atoms. The van der Waals surface area contributed by atoms with Crippen molar-refractivity contribution in [2.45, 2.75) is 37.8 Å². The summed E-state index contributed by atoms with van der Waals surface area (Å²) in [7, 11) is 0. The van der Waals surface area contributed by atoms with Gasteiger partial charge in [0.25, 0.3) is 0 Å². The lowest BCUT2D eigenvalue weighted by Crippen LogP contribution is -2.34. The normalized spacial score (nSPS) is 13.0. The number of carboxylic acids is 2. The Labute approximate surface area is 122 Å². The van der Waals surface area contributed by atoms with E-state index in [9.17, 15) is 9.59 Å². The van der Waals surface area contributed by atoms with Crippen molar-refractivity contribution in [2.75, 3.05) is 18.6 Å². The van der Waals surface area contributed by atoms with Gasteiger partial charge in [-0.2, -0.15) is 17.2 Å². The number of unbranched alkanes of at least 4 members (excludes halogenated alkanes) is 1. The van der Waals surface area contributed by atoms with E-state index in [-0.39, 0.29) is 0 Å². The van der Waals surface area contributed by atoms with Gasteiger partial charge < -0.3 is 26.9 Å². The van der Waals surface area contributed by atoms with Gasteiger partial charge >= 0.3 is 11.9 Å². The zero-order valence-electron chi connectivity index (χ0n) is 11.6. The maximum Gasteiger partial charge on any atom is 0.323 e. The molecule has 0 saturated carbocycles. The highest BCUT2D eigenvalue weighted by atomic mass is 32.2. The van der Waals surface area contributed by atoms with Crippen molar-refractivity contribution in [1.82, 2.24) is 5.48 Å². The van der Waals surface area contributed by atoms with Gasteiger partial charge in [-0.25, -0.2) is 0 Å². The topological polar surface area (TPSA) is 159 Å². The molecule has 8 N–H and O–H groups in total. The number of carboxylic acid groups (broad SMARTS) is 2. The molecule has 0 amide bonds. The fraction of sp³-hybridized carbons (Fsp3) is 0.818. The van der Waals surface area contributed by atoms with E-state index < -0.39 is 24.0 Å². The van der Waals surface area contributed by atoms with Crippen LogP contribution in [0, 0.1) is 0 Å². The molecule has 9 heteroatoms. The minimum Gasteiger partial charge on any atom is -0.480 e. The van der Waals surface area contributed by atoms with Crippen molar-refractivity contribution < 1.29 is 25.0 Å². The summed E-state index contributed by atoms with van der Waals surface area (Å²) < 4.78 is 0. The van der Waals surface area contributed by atoms with Crippen LogP contribution in [0.5, 0.6) is 0 Å². The maximum atomic E-state index is 10.3. The Morgan fingerprint density at radius 2 is 1.80 bits per heavy atom. The van der Waals surface area contributed by atoms with Crippen molar-refractivity contribution in [2.24, 2.45) is 11.5 Å². The number of hydroxylamine groups is 1. The monoisotopic (exact) mass is 311 g/mol. The minimum atomic E-state index is -1.04. The highest BCUT2D eigenvalue weighted by Crippen LogP contribution is 1.99. The maximum absolute atomic E-state index is 10.3. The van der Waals surface area contributed by atoms with Crippen molar-refractivity contribution in [1.29, 1.82) is 0 Å². The Kier molecular flexibility index (Phi) is 15.6. The van der Waals surface area contributed by atoms with Crippen molar-refractivity contribution in [3.8, 4) is 0 Å². The molecular weight excluding hydrogens is 286 g/mol. The van der Waals surface area contributed by atoms with E-state index in [1.54, 1.807) is 17.2 Å². The van der Waals surface area contributed by atoms with Crippen LogP contribution in [0.25, 0.3) is 0 Å². The highest BCUT2D eigenvalue weighted by Gasteiger charge is 2.14. The number of nitrogens with one attached hydrogen (secondary N) is 1. The minimum absolute atomic E-state index is 0.406. The quantitative estimate of drug-likeness (QED) is 0.235. The number of nitrogens with two attached hydrogens (primary N) is 2. The van der Waals surface area contributed by atoms with Crippen LogP contribution in [0.4, 0.5) is 0 Å². The lowest BCUT2D eigenvalue weighted by molar-refractivity contribution is -0.142. The molecule has 0 aliphatic heterocycles. The molecule has 0 rings (SSSR count). The second-order valence-electron chi connectivity index (χ2n) is 4.03. The van der Waals surface area contributed by atoms with Gasteiger partial charge in [0.1, 0.15) is 12.1 Å². The molecule has 120 valence electrons. The van der Waals surface area contributed by atoms with Gasteiger partial charge in [-0.15, -0.1) is 0 Å². The van der Waals surface area contributed by atoms with E-state index in [0.717, 1.165) is 12.2 Å². The molecule has 0 saturated heterocycles. The largest absolute Gasteiger partial charge is 0.480 e. The lowest BCUT2D eigenvalue weighted by Gasteiger charge is -2.08. The van der Waals surface area contributed by atoms with Crippen molar-refractivity contribution >= 4 is 23.7 Å². The molecule has 2 atom stereocenters. The van der Waals surface area contributed by atoms with Crippen LogP contribution in [-0.4, -0.2) is 58.0 Å². The third kappa shape index (κ3) is 13.6. The third-order valence-electron chi connectivity index (χ3n) is 2.35. The Hall–Kier alpha value is -0.870. The second kappa shape index (κ2) is 14.5. The SMILES string of the molecule is CSCCC(N)C(=O)O.NCCCCC(NO)C(=O)O. The smallest absolute Gasteiger partial charge is 0.323 e. The summed E-state index contributed by atoms with van der Waals surface area (Å²) in [6, 6.07) is -1.54. The first kappa shape index (κ1) is 21.4. The Balaban J connectivity index is 0. The van der Waals surface area contributed by atoms with Crippen LogP contribution in [0.15, 0.2) is 0 Å². The van der Waals surface area contributed by atoms with E-state index in [2.05, 4.69) is 0 Å². The average Bonchev–Trinajstić information content (AvgIpc) is 2.41. The first-order valence-corrected chi connectivity index (χ1v) is 7.59. The van der Waals surface area contributed by atoms with Crippen LogP contribution < -0.4 is 16.9 Å². The zero-order chi connectivity index (χ0) is 16.0. The summed E-state index contributed by atoms with van der Waals surface area (Å²) in [6.07, 6.45) is 4.38. The number of carbonyl (C=O) groups is 2. The van der Waals surface area contributed by atoms with E-state index in [4.69, 9.17) is 26.9 Å². The van der Waals surface area contributed by atoms with Gasteiger partial charge in [0.2, 0.25) is 0 Å². The van der Waals surface area contributed by atoms with Gasteiger partial charge in [0.05, 0.1) is 0 Å². The fourth-order valence-corrected chi connectivity index (χ4v) is 1.59. The summed E-state index contributed by atoms with van der Waals surface area (Å²) in [5, 5.41) is 25.0. The van der Waals surface area contributed by atoms with Crippen LogP contribution in [0.3, 0.4) is 0 Å². The van der Waals surface area contributed by atoms with Gasteiger partial charge in [0, 0.05) is 0 Å². The Morgan fingerprint density at radius 3 is 2.15 bits per heavy atom. The van der Waals surface area contributed by atoms with Crippen LogP contribution in [0.1, 0.15) is 25.7 Å². The number of rotatable bonds is 10. The number of aliphatic carboxylic acids is 2. The Bertz CT molecular complexity index is 268. The van der Waals surface area contributed by atoms with Crippen LogP contribution >= 0.6 is 11.8 Å². The van der Waals surface area contributed by atoms with Crippen molar-refractivity contribution in [3.63, 3.8) is 0 Å². The van der Waals surface area contributed by atoms with E-state index in [0.29, 0.717) is 25.8 Å². The first-order valence-electron chi connectivity index (χ1n) is 6.20. The van der Waals surface area contributed by atoms with E-state index in [1.807, 2.05) is 6.26 Å². The molecule has 0 radical (unpaired) electrons. The third-order valence-corrected chi connectivity index (χ3v) is 2.99. The van der Waals surface area contributed by atoms with Gasteiger partial charge in [-0.3, -0.25) is 9.59 Å². The molecule has 0 fully saturated rings. The molecule has 0 aromatic heterocycles. The molecule has 0 aromatic carbocycles. The number of thioether (sulfide) groups is 1. The highest BCUT2D eigenvalue weighted by molar-refractivity contribution is 7.98. The zero-order valence-corrected chi connectivity index (χ0v) is 12.4. The summed E-state index contributed by atoms with van der Waals surface area (Å²) in [6.45, 7) is 0.553. The molecule has 0 bridgehead atoms. The number of hydrogen-bond acceptors (Lipinski definition) is 7. The van der Waals surface area contributed by atoms with E-state index in [1.165, 1.54) is 0 Å². The molecule has 0 aliphatic carbocycles. The predicted octanol–water partition coefficient (Wildman–Crippen LogP) is -0.301. The second-order valence-corrected chi connectivity index (χ2v) is 5.02. The first-order chi connectivity index (χ1) is 9.40. The molecular formula is C11H25N3O5S. The predicted molar refractivity (Wildman–Crippen MR) is 77.9 cm³/mol. The van der Waals surface area contributed by atoms with Crippen LogP contribution in [-0.2, 0) is 9.59 Å². The van der Waals surface area contributed by atoms with Crippen molar-refractivity contribution in [3.05, 3.63) is 0 Å². The summed E-state index contributed by atoms with van der Waals surface area (Å²) in [5.41, 5.74) is 12.1. The lowest BCUT2D eigenvalue weighted by atomic mass is 10.1. The van der Waals surface area contributed by atoms with Crippen LogP contribution in [0.2, 0.25) is 0 Å². The standard InChI is InChI=1S/C6H14N2O3.C5H11NO2S/c7-4-2-1-3-5(8-11)6(9)10;1-9-3-2-4(6)5(7)8/h5,8,11H,1-4,7H2,(H,9,10);4H,2-3,6H2,1H3,(H,7,8). The molecule has 0 spiro atoms.